The molecule has 0 aliphatic rings. The fraction of sp³-hybridized carbons (Fsp3) is 0.400. The van der Waals surface area contributed by atoms with Crippen LogP contribution in [0.4, 0.5) is 5.69 Å². The van der Waals surface area contributed by atoms with Crippen LogP contribution < -0.4 is 10.6 Å². The van der Waals surface area contributed by atoms with E-state index in [4.69, 9.17) is 5.11 Å². The van der Waals surface area contributed by atoms with Gasteiger partial charge in [-0.1, -0.05) is 6.92 Å². The predicted molar refractivity (Wildman–Crippen MR) is 88.3 cm³/mol. The number of nitrogens with one attached hydrogen (secondary N) is 2. The summed E-state index contributed by atoms with van der Waals surface area (Å²) < 4.78 is 2.77. The Morgan fingerprint density at radius 1 is 1.24 bits per heavy atom. The van der Waals surface area contributed by atoms with E-state index in [1.807, 2.05) is 6.92 Å². The van der Waals surface area contributed by atoms with Gasteiger partial charge in [-0.2, -0.15) is 10.2 Å². The SMILES string of the molecule is CCCNC(=O)c1c(NC(=O)CCn2cc(C(=O)O)cn2)cnn1C. The summed E-state index contributed by atoms with van der Waals surface area (Å²) in [6.45, 7) is 2.69. The maximum absolute atomic E-state index is 12.1. The topological polar surface area (TPSA) is 131 Å². The molecular weight excluding hydrogens is 328 g/mol. The first-order valence-corrected chi connectivity index (χ1v) is 7.78. The molecule has 2 rings (SSSR count). The number of carboxylic acid groups (broad SMARTS) is 1. The Morgan fingerprint density at radius 2 is 2.00 bits per heavy atom. The second kappa shape index (κ2) is 8.08. The van der Waals surface area contributed by atoms with Gasteiger partial charge in [0.05, 0.1) is 23.6 Å². The van der Waals surface area contributed by atoms with Gasteiger partial charge in [0.25, 0.3) is 5.91 Å². The number of carboxylic acids is 1. The van der Waals surface area contributed by atoms with Crippen molar-refractivity contribution >= 4 is 23.5 Å². The molecule has 0 radical (unpaired) electrons. The second-order valence-corrected chi connectivity index (χ2v) is 5.38. The van der Waals surface area contributed by atoms with Crippen LogP contribution in [0.3, 0.4) is 0 Å². The molecule has 0 aliphatic heterocycles. The highest BCUT2D eigenvalue weighted by Gasteiger charge is 2.18. The summed E-state index contributed by atoms with van der Waals surface area (Å²) >= 11 is 0. The third-order valence-corrected chi connectivity index (χ3v) is 3.41. The van der Waals surface area contributed by atoms with Gasteiger partial charge < -0.3 is 15.7 Å². The molecule has 2 aromatic rings. The molecule has 2 aromatic heterocycles. The number of amides is 2. The van der Waals surface area contributed by atoms with Gasteiger partial charge in [-0.3, -0.25) is 19.0 Å². The van der Waals surface area contributed by atoms with E-state index in [1.54, 1.807) is 7.05 Å². The highest BCUT2D eigenvalue weighted by atomic mass is 16.4. The molecule has 0 saturated carbocycles. The summed E-state index contributed by atoms with van der Waals surface area (Å²) in [4.78, 5) is 35.0. The van der Waals surface area contributed by atoms with Gasteiger partial charge in [-0.15, -0.1) is 0 Å². The Labute approximate surface area is 143 Å². The number of anilines is 1. The Morgan fingerprint density at radius 3 is 2.64 bits per heavy atom. The highest BCUT2D eigenvalue weighted by molar-refractivity contribution is 6.02. The molecule has 2 amide bonds. The van der Waals surface area contributed by atoms with Crippen molar-refractivity contribution in [3.05, 3.63) is 29.8 Å². The van der Waals surface area contributed by atoms with Crippen molar-refractivity contribution in [1.82, 2.24) is 24.9 Å². The number of aromatic carboxylic acids is 1. The molecule has 0 unspecified atom stereocenters. The van der Waals surface area contributed by atoms with E-state index in [1.165, 1.54) is 28.0 Å². The number of rotatable bonds is 8. The summed E-state index contributed by atoms with van der Waals surface area (Å²) in [5, 5.41) is 22.1. The Hall–Kier alpha value is -3.17. The molecule has 0 aromatic carbocycles. The normalized spacial score (nSPS) is 10.5. The van der Waals surface area contributed by atoms with E-state index in [-0.39, 0.29) is 36.0 Å². The van der Waals surface area contributed by atoms with E-state index in [9.17, 15) is 14.4 Å². The van der Waals surface area contributed by atoms with Crippen molar-refractivity contribution in [2.24, 2.45) is 7.05 Å². The minimum atomic E-state index is -1.08. The van der Waals surface area contributed by atoms with Crippen molar-refractivity contribution in [2.75, 3.05) is 11.9 Å². The summed E-state index contributed by atoms with van der Waals surface area (Å²) in [6.07, 6.45) is 4.86. The van der Waals surface area contributed by atoms with Gasteiger partial charge in [0.2, 0.25) is 5.91 Å². The van der Waals surface area contributed by atoms with Crippen LogP contribution in [0.1, 0.15) is 40.6 Å². The first-order valence-electron chi connectivity index (χ1n) is 7.78. The number of hydrogen-bond acceptors (Lipinski definition) is 5. The molecule has 134 valence electrons. The molecule has 0 spiro atoms. The first kappa shape index (κ1) is 18.2. The first-order chi connectivity index (χ1) is 11.9. The minimum absolute atomic E-state index is 0.0579. The van der Waals surface area contributed by atoms with Gasteiger partial charge in [0, 0.05) is 32.8 Å². The highest BCUT2D eigenvalue weighted by Crippen LogP contribution is 2.14. The minimum Gasteiger partial charge on any atom is -0.478 e. The Balaban J connectivity index is 1.96. The average Bonchev–Trinajstić information content (AvgIpc) is 3.18. The molecule has 0 fully saturated rings. The van der Waals surface area contributed by atoms with Gasteiger partial charge in [-0.25, -0.2) is 4.79 Å². The number of nitrogens with zero attached hydrogens (tertiary/aromatic N) is 4. The van der Waals surface area contributed by atoms with Crippen LogP contribution in [0.25, 0.3) is 0 Å². The number of carbonyl (C=O) groups excluding carboxylic acids is 2. The molecule has 10 nitrogen and oxygen atoms in total. The lowest BCUT2D eigenvalue weighted by Gasteiger charge is -2.08. The molecule has 0 atom stereocenters. The van der Waals surface area contributed by atoms with Crippen LogP contribution in [-0.4, -0.2) is 49.0 Å². The molecule has 0 saturated heterocycles. The van der Waals surface area contributed by atoms with Gasteiger partial charge >= 0.3 is 5.97 Å². The van der Waals surface area contributed by atoms with Crippen molar-refractivity contribution < 1.29 is 19.5 Å². The van der Waals surface area contributed by atoms with Crippen LogP contribution in [-0.2, 0) is 18.4 Å². The largest absolute Gasteiger partial charge is 0.478 e. The van der Waals surface area contributed by atoms with E-state index < -0.39 is 5.97 Å². The lowest BCUT2D eigenvalue weighted by atomic mass is 10.3. The molecule has 0 aliphatic carbocycles. The standard InChI is InChI=1S/C15H20N6O4/c1-3-5-16-14(23)13-11(8-17-20(13)2)19-12(22)4-6-21-9-10(7-18-21)15(24)25/h7-9H,3-6H2,1-2H3,(H,16,23)(H,19,22)(H,24,25). The maximum atomic E-state index is 12.1. The van der Waals surface area contributed by atoms with E-state index in [0.29, 0.717) is 12.2 Å². The quantitative estimate of drug-likeness (QED) is 0.636. The number of hydrogen-bond donors (Lipinski definition) is 3. The summed E-state index contributed by atoms with van der Waals surface area (Å²) in [5.74, 6) is -1.71. The maximum Gasteiger partial charge on any atom is 0.338 e. The van der Waals surface area contributed by atoms with Crippen molar-refractivity contribution in [2.45, 2.75) is 26.3 Å². The molecule has 3 N–H and O–H groups in total. The zero-order valence-corrected chi connectivity index (χ0v) is 14.0. The Kier molecular flexibility index (Phi) is 5.88. The molecule has 0 bridgehead atoms. The van der Waals surface area contributed by atoms with Crippen molar-refractivity contribution in [3.63, 3.8) is 0 Å². The van der Waals surface area contributed by atoms with E-state index in [0.717, 1.165) is 6.42 Å². The van der Waals surface area contributed by atoms with Gasteiger partial charge in [0.15, 0.2) is 0 Å². The number of carbonyl (C=O) groups is 3. The lowest BCUT2D eigenvalue weighted by Crippen LogP contribution is -2.27. The fourth-order valence-corrected chi connectivity index (χ4v) is 2.15. The van der Waals surface area contributed by atoms with E-state index >= 15 is 0 Å². The molecule has 10 heteroatoms. The van der Waals surface area contributed by atoms with Gasteiger partial charge in [0.1, 0.15) is 5.69 Å². The number of aryl methyl sites for hydroxylation is 2. The van der Waals surface area contributed by atoms with Crippen LogP contribution in [0.5, 0.6) is 0 Å². The average molecular weight is 348 g/mol. The van der Waals surface area contributed by atoms with Crippen molar-refractivity contribution in [3.8, 4) is 0 Å². The molecule has 25 heavy (non-hydrogen) atoms. The fourth-order valence-electron chi connectivity index (χ4n) is 2.15. The summed E-state index contributed by atoms with van der Waals surface area (Å²) in [5.41, 5.74) is 0.657. The zero-order valence-electron chi connectivity index (χ0n) is 14.0. The monoisotopic (exact) mass is 348 g/mol. The van der Waals surface area contributed by atoms with E-state index in [2.05, 4.69) is 20.8 Å². The summed E-state index contributed by atoms with van der Waals surface area (Å²) in [7, 11) is 1.62. The third kappa shape index (κ3) is 4.66. The second-order valence-electron chi connectivity index (χ2n) is 5.38. The van der Waals surface area contributed by atoms with Crippen LogP contribution in [0.2, 0.25) is 0 Å². The van der Waals surface area contributed by atoms with Crippen LogP contribution >= 0.6 is 0 Å². The lowest BCUT2D eigenvalue weighted by molar-refractivity contribution is -0.116. The van der Waals surface area contributed by atoms with Crippen LogP contribution in [0.15, 0.2) is 18.6 Å². The van der Waals surface area contributed by atoms with Crippen LogP contribution in [0, 0.1) is 0 Å². The zero-order chi connectivity index (χ0) is 18.4. The summed E-state index contributed by atoms with van der Waals surface area (Å²) in [6, 6.07) is 0. The smallest absolute Gasteiger partial charge is 0.338 e. The predicted octanol–water partition coefficient (Wildman–Crippen LogP) is 0.483. The van der Waals surface area contributed by atoms with Gasteiger partial charge in [-0.05, 0) is 6.42 Å². The molecule has 2 heterocycles. The molecular formula is C15H20N6O4. The third-order valence-electron chi connectivity index (χ3n) is 3.41. The Bertz CT molecular complexity index is 779. The number of aromatic nitrogens is 4. The van der Waals surface area contributed by atoms with Crippen molar-refractivity contribution in [1.29, 1.82) is 0 Å².